The summed E-state index contributed by atoms with van der Waals surface area (Å²) in [6, 6.07) is 7.19. The molecule has 2 amide bonds. The maximum Gasteiger partial charge on any atom is 0.249 e. The van der Waals surface area contributed by atoms with Crippen LogP contribution >= 0.6 is 0 Å². The second-order valence-electron chi connectivity index (χ2n) is 7.33. The van der Waals surface area contributed by atoms with Crippen LogP contribution in [0.3, 0.4) is 0 Å². The number of rotatable bonds is 4. The van der Waals surface area contributed by atoms with Gasteiger partial charge in [-0.3, -0.25) is 9.59 Å². The lowest BCUT2D eigenvalue weighted by molar-refractivity contribution is -0.148. The molecular weight excluding hydrogens is 316 g/mol. The van der Waals surface area contributed by atoms with Crippen molar-refractivity contribution in [1.29, 1.82) is 0 Å². The maximum absolute atomic E-state index is 12.8. The third-order valence-corrected chi connectivity index (χ3v) is 5.42. The van der Waals surface area contributed by atoms with E-state index in [1.807, 2.05) is 31.2 Å². The van der Waals surface area contributed by atoms with Gasteiger partial charge in [-0.15, -0.1) is 0 Å². The predicted octanol–water partition coefficient (Wildman–Crippen LogP) is 2.59. The van der Waals surface area contributed by atoms with E-state index < -0.39 is 6.04 Å². The van der Waals surface area contributed by atoms with Crippen molar-refractivity contribution in [2.45, 2.75) is 51.7 Å². The van der Waals surface area contributed by atoms with Crippen LogP contribution in [-0.4, -0.2) is 42.5 Å². The zero-order valence-electron chi connectivity index (χ0n) is 15.2. The molecule has 136 valence electrons. The Morgan fingerprint density at radius 3 is 2.68 bits per heavy atom. The maximum atomic E-state index is 12.8. The van der Waals surface area contributed by atoms with Gasteiger partial charge in [0.1, 0.15) is 12.6 Å². The first kappa shape index (κ1) is 17.9. The lowest BCUT2D eigenvalue weighted by Gasteiger charge is -2.36. The fraction of sp³-hybridized carbons (Fsp3) is 0.600. The minimum atomic E-state index is -0.558. The summed E-state index contributed by atoms with van der Waals surface area (Å²) in [5.74, 6) is 0.550. The lowest BCUT2D eigenvalue weighted by atomic mass is 9.89. The average Bonchev–Trinajstić information content (AvgIpc) is 2.61. The highest BCUT2D eigenvalue weighted by molar-refractivity contribution is 5.90. The topological polar surface area (TPSA) is 58.6 Å². The van der Waals surface area contributed by atoms with E-state index in [9.17, 15) is 9.59 Å². The molecular formula is C20H28N2O3. The molecule has 1 atom stereocenters. The third-order valence-electron chi connectivity index (χ3n) is 5.42. The molecule has 1 heterocycles. The molecule has 25 heavy (non-hydrogen) atoms. The van der Waals surface area contributed by atoms with E-state index in [1.54, 1.807) is 4.90 Å². The molecule has 0 spiro atoms. The van der Waals surface area contributed by atoms with Crippen molar-refractivity contribution in [3.8, 4) is 0 Å². The molecule has 1 aliphatic heterocycles. The Labute approximate surface area is 149 Å². The Balaban J connectivity index is 1.67. The molecule has 5 nitrogen and oxygen atoms in total. The first-order valence-corrected chi connectivity index (χ1v) is 9.30. The van der Waals surface area contributed by atoms with Crippen LogP contribution in [0.5, 0.6) is 0 Å². The smallest absolute Gasteiger partial charge is 0.249 e. The van der Waals surface area contributed by atoms with Crippen LogP contribution in [0.1, 0.15) is 49.8 Å². The molecule has 1 N–H and O–H groups in total. The number of nitrogens with one attached hydrogen (secondary N) is 1. The Bertz CT molecular complexity index is 623. The van der Waals surface area contributed by atoms with Crippen LogP contribution in [0.25, 0.3) is 0 Å². The molecule has 1 aliphatic carbocycles. The quantitative estimate of drug-likeness (QED) is 0.913. The van der Waals surface area contributed by atoms with E-state index in [0.717, 1.165) is 42.7 Å². The van der Waals surface area contributed by atoms with Crippen LogP contribution < -0.4 is 5.32 Å². The summed E-state index contributed by atoms with van der Waals surface area (Å²) in [6.07, 6.45) is 4.55. The number of carbonyl (C=O) groups is 2. The van der Waals surface area contributed by atoms with Gasteiger partial charge >= 0.3 is 0 Å². The van der Waals surface area contributed by atoms with Gasteiger partial charge in [-0.2, -0.15) is 0 Å². The number of ether oxygens (including phenoxy) is 1. The van der Waals surface area contributed by atoms with Gasteiger partial charge in [-0.05, 0) is 49.7 Å². The summed E-state index contributed by atoms with van der Waals surface area (Å²) in [6.45, 7) is 5.32. The summed E-state index contributed by atoms with van der Waals surface area (Å²) >= 11 is 0. The van der Waals surface area contributed by atoms with Gasteiger partial charge in [0.2, 0.25) is 11.8 Å². The Hall–Kier alpha value is -1.88. The fourth-order valence-corrected chi connectivity index (χ4v) is 3.81. The highest BCUT2D eigenvalue weighted by Crippen LogP contribution is 2.28. The van der Waals surface area contributed by atoms with Gasteiger partial charge in [-0.1, -0.05) is 31.2 Å². The van der Waals surface area contributed by atoms with E-state index >= 15 is 0 Å². The van der Waals surface area contributed by atoms with Crippen molar-refractivity contribution in [3.63, 3.8) is 0 Å². The Kier molecular flexibility index (Phi) is 5.74. The van der Waals surface area contributed by atoms with Crippen molar-refractivity contribution in [2.24, 2.45) is 5.92 Å². The number of hydrogen-bond acceptors (Lipinski definition) is 3. The molecule has 2 aliphatic rings. The van der Waals surface area contributed by atoms with E-state index in [-0.39, 0.29) is 24.5 Å². The minimum Gasteiger partial charge on any atom is -0.368 e. The molecule has 0 bridgehead atoms. The normalized spacial score (nSPS) is 27.0. The molecule has 1 saturated carbocycles. The standard InChI is InChI=1S/C20H28N2O3/c1-14-7-9-16(10-8-14)25-13-18(23)22-12-11-21-20(24)19(22)17-6-4-3-5-15(17)2/h3-6,14,16,19H,7-13H2,1-2H3,(H,21,24). The van der Waals surface area contributed by atoms with Crippen molar-refractivity contribution in [3.05, 3.63) is 35.4 Å². The number of benzene rings is 1. The zero-order valence-corrected chi connectivity index (χ0v) is 15.2. The van der Waals surface area contributed by atoms with E-state index in [1.165, 1.54) is 0 Å². The molecule has 1 saturated heterocycles. The van der Waals surface area contributed by atoms with Gasteiger partial charge in [-0.25, -0.2) is 0 Å². The van der Waals surface area contributed by atoms with E-state index in [0.29, 0.717) is 13.1 Å². The summed E-state index contributed by atoms with van der Waals surface area (Å²) in [5, 5.41) is 2.88. The highest BCUT2D eigenvalue weighted by atomic mass is 16.5. The average molecular weight is 344 g/mol. The zero-order chi connectivity index (χ0) is 17.8. The second-order valence-corrected chi connectivity index (χ2v) is 7.33. The van der Waals surface area contributed by atoms with Crippen molar-refractivity contribution < 1.29 is 14.3 Å². The summed E-state index contributed by atoms with van der Waals surface area (Å²) in [7, 11) is 0. The highest BCUT2D eigenvalue weighted by Gasteiger charge is 2.35. The Morgan fingerprint density at radius 2 is 1.96 bits per heavy atom. The molecule has 1 aromatic rings. The van der Waals surface area contributed by atoms with Crippen molar-refractivity contribution in [1.82, 2.24) is 10.2 Å². The Morgan fingerprint density at radius 1 is 1.24 bits per heavy atom. The largest absolute Gasteiger partial charge is 0.368 e. The molecule has 1 unspecified atom stereocenters. The van der Waals surface area contributed by atoms with Gasteiger partial charge in [0, 0.05) is 13.1 Å². The van der Waals surface area contributed by atoms with Crippen LogP contribution in [-0.2, 0) is 14.3 Å². The summed E-state index contributed by atoms with van der Waals surface area (Å²) in [4.78, 5) is 26.9. The van der Waals surface area contributed by atoms with E-state index in [4.69, 9.17) is 4.74 Å². The first-order valence-electron chi connectivity index (χ1n) is 9.30. The predicted molar refractivity (Wildman–Crippen MR) is 96.0 cm³/mol. The summed E-state index contributed by atoms with van der Waals surface area (Å²) in [5.41, 5.74) is 1.91. The molecule has 3 rings (SSSR count). The van der Waals surface area contributed by atoms with Crippen LogP contribution in [0, 0.1) is 12.8 Å². The lowest BCUT2D eigenvalue weighted by Crippen LogP contribution is -2.53. The molecule has 5 heteroatoms. The molecule has 0 aromatic heterocycles. The van der Waals surface area contributed by atoms with Gasteiger partial charge in [0.25, 0.3) is 0 Å². The number of piperazine rings is 1. The van der Waals surface area contributed by atoms with Crippen molar-refractivity contribution >= 4 is 11.8 Å². The van der Waals surface area contributed by atoms with Gasteiger partial charge < -0.3 is 15.0 Å². The number of hydrogen-bond donors (Lipinski definition) is 1. The number of carbonyl (C=O) groups excluding carboxylic acids is 2. The van der Waals surface area contributed by atoms with E-state index in [2.05, 4.69) is 12.2 Å². The molecule has 0 radical (unpaired) electrons. The fourth-order valence-electron chi connectivity index (χ4n) is 3.81. The van der Waals surface area contributed by atoms with Crippen molar-refractivity contribution in [2.75, 3.05) is 19.7 Å². The minimum absolute atomic E-state index is 0.0642. The summed E-state index contributed by atoms with van der Waals surface area (Å²) < 4.78 is 5.87. The van der Waals surface area contributed by atoms with Crippen LogP contribution in [0.15, 0.2) is 24.3 Å². The SMILES string of the molecule is Cc1ccccc1C1C(=O)NCCN1C(=O)COC1CCC(C)CC1. The molecule has 1 aromatic carbocycles. The number of aryl methyl sites for hydroxylation is 1. The first-order chi connectivity index (χ1) is 12.1. The second kappa shape index (κ2) is 8.00. The number of nitrogens with zero attached hydrogens (tertiary/aromatic N) is 1. The van der Waals surface area contributed by atoms with Crippen LogP contribution in [0.4, 0.5) is 0 Å². The number of amides is 2. The van der Waals surface area contributed by atoms with Crippen LogP contribution in [0.2, 0.25) is 0 Å². The third kappa shape index (κ3) is 4.21. The van der Waals surface area contributed by atoms with Gasteiger partial charge in [0.15, 0.2) is 0 Å². The molecule has 2 fully saturated rings. The van der Waals surface area contributed by atoms with Gasteiger partial charge in [0.05, 0.1) is 6.10 Å². The monoisotopic (exact) mass is 344 g/mol.